The maximum atomic E-state index is 12.1. The van der Waals surface area contributed by atoms with Crippen LogP contribution in [-0.2, 0) is 9.53 Å². The van der Waals surface area contributed by atoms with Crippen molar-refractivity contribution >= 4 is 49.2 Å². The Morgan fingerprint density at radius 2 is 1.94 bits per heavy atom. The van der Waals surface area contributed by atoms with Gasteiger partial charge in [-0.1, -0.05) is 55.6 Å². The van der Waals surface area contributed by atoms with E-state index in [9.17, 15) is 4.79 Å². The molecule has 0 amide bonds. The van der Waals surface area contributed by atoms with Gasteiger partial charge < -0.3 is 4.74 Å². The van der Waals surface area contributed by atoms with Gasteiger partial charge in [-0.25, -0.2) is 0 Å². The minimum absolute atomic E-state index is 0.0642. The van der Waals surface area contributed by atoms with Crippen molar-refractivity contribution in [3.63, 3.8) is 0 Å². The molecular formula is C12H11Br2ClO2. The zero-order chi connectivity index (χ0) is 12.6. The van der Waals surface area contributed by atoms with Gasteiger partial charge >= 0.3 is 0 Å². The Bertz CT molecular complexity index is 429. The Hall–Kier alpha value is 0.1000. The summed E-state index contributed by atoms with van der Waals surface area (Å²) in [6.07, 6.45) is 0. The lowest BCUT2D eigenvalue weighted by Crippen LogP contribution is -2.31. The van der Waals surface area contributed by atoms with Crippen molar-refractivity contribution in [2.45, 2.75) is 22.2 Å². The number of hydrogen-bond acceptors (Lipinski definition) is 2. The van der Waals surface area contributed by atoms with Gasteiger partial charge in [0, 0.05) is 5.02 Å². The highest BCUT2D eigenvalue weighted by Gasteiger charge is 2.50. The van der Waals surface area contributed by atoms with Gasteiger partial charge in [0.25, 0.3) is 0 Å². The second-order valence-electron chi connectivity index (χ2n) is 4.24. The van der Waals surface area contributed by atoms with Gasteiger partial charge in [-0.2, -0.15) is 0 Å². The van der Waals surface area contributed by atoms with Crippen LogP contribution < -0.4 is 0 Å². The Balaban J connectivity index is 2.11. The largest absolute Gasteiger partial charge is 0.362 e. The predicted octanol–water partition coefficient (Wildman–Crippen LogP) is 3.90. The molecule has 17 heavy (non-hydrogen) atoms. The molecule has 5 heteroatoms. The summed E-state index contributed by atoms with van der Waals surface area (Å²) in [4.78, 5) is 11.7. The first-order valence-electron chi connectivity index (χ1n) is 5.16. The Morgan fingerprint density at radius 3 is 2.41 bits per heavy atom. The van der Waals surface area contributed by atoms with Crippen LogP contribution in [0.5, 0.6) is 0 Å². The number of carbonyl (C=O) groups is 1. The number of rotatable bonds is 4. The topological polar surface area (TPSA) is 29.6 Å². The van der Waals surface area contributed by atoms with E-state index in [1.807, 2.05) is 31.2 Å². The maximum Gasteiger partial charge on any atom is 0.181 e. The fourth-order valence-electron chi connectivity index (χ4n) is 1.49. The van der Waals surface area contributed by atoms with Gasteiger partial charge in [-0.3, -0.25) is 4.79 Å². The van der Waals surface area contributed by atoms with E-state index >= 15 is 0 Å². The van der Waals surface area contributed by atoms with Gasteiger partial charge in [0.1, 0.15) is 5.60 Å². The first kappa shape index (κ1) is 13.5. The molecule has 0 N–H and O–H groups in total. The first-order valence-corrected chi connectivity index (χ1v) is 7.37. The molecule has 1 aliphatic heterocycles. The molecule has 0 spiro atoms. The highest BCUT2D eigenvalue weighted by Crippen LogP contribution is 2.38. The summed E-state index contributed by atoms with van der Waals surface area (Å²) in [7, 11) is 0. The summed E-state index contributed by atoms with van der Waals surface area (Å²) in [6.45, 7) is 2.32. The van der Waals surface area contributed by atoms with Gasteiger partial charge in [-0.15, -0.1) is 0 Å². The normalized spacial score (nSPS) is 26.4. The van der Waals surface area contributed by atoms with Crippen molar-refractivity contribution in [2.24, 2.45) is 0 Å². The predicted molar refractivity (Wildman–Crippen MR) is 75.2 cm³/mol. The van der Waals surface area contributed by atoms with Crippen molar-refractivity contribution in [1.82, 2.24) is 0 Å². The zero-order valence-electron chi connectivity index (χ0n) is 9.12. The first-order chi connectivity index (χ1) is 7.94. The van der Waals surface area contributed by atoms with Gasteiger partial charge in [0.05, 0.1) is 16.3 Å². The maximum absolute atomic E-state index is 12.1. The highest BCUT2D eigenvalue weighted by atomic mass is 79.9. The number of ketones is 1. The number of carbonyl (C=O) groups excluding carboxylic acids is 1. The molecule has 3 atom stereocenters. The summed E-state index contributed by atoms with van der Waals surface area (Å²) in [6, 6.07) is 7.42. The molecule has 1 fully saturated rings. The Labute approximate surface area is 122 Å². The molecule has 0 aliphatic carbocycles. The third kappa shape index (κ3) is 2.92. The van der Waals surface area contributed by atoms with Crippen LogP contribution in [0, 0.1) is 0 Å². The van der Waals surface area contributed by atoms with E-state index in [4.69, 9.17) is 16.3 Å². The summed E-state index contributed by atoms with van der Waals surface area (Å²) < 4.78 is 5.16. The minimum atomic E-state index is -0.605. The van der Waals surface area contributed by atoms with Gasteiger partial charge in [-0.05, 0) is 24.6 Å². The average molecular weight is 382 g/mol. The molecule has 0 aromatic heterocycles. The van der Waals surface area contributed by atoms with Crippen molar-refractivity contribution in [1.29, 1.82) is 0 Å². The van der Waals surface area contributed by atoms with Crippen molar-refractivity contribution in [3.05, 3.63) is 34.9 Å². The molecule has 0 unspecified atom stereocenters. The van der Waals surface area contributed by atoms with Crippen LogP contribution in [0.4, 0.5) is 0 Å². The van der Waals surface area contributed by atoms with E-state index in [1.54, 1.807) is 0 Å². The van der Waals surface area contributed by atoms with Crippen molar-refractivity contribution in [3.8, 4) is 0 Å². The minimum Gasteiger partial charge on any atom is -0.362 e. The molecule has 1 aromatic rings. The summed E-state index contributed by atoms with van der Waals surface area (Å²) in [5.74, 6) is 0.0642. The third-order valence-corrected chi connectivity index (χ3v) is 5.76. The van der Waals surface area contributed by atoms with E-state index in [1.165, 1.54) is 0 Å². The van der Waals surface area contributed by atoms with Crippen LogP contribution >= 0.6 is 43.5 Å². The van der Waals surface area contributed by atoms with Crippen LogP contribution in [-0.4, -0.2) is 22.8 Å². The number of ether oxygens (including phenoxy) is 1. The summed E-state index contributed by atoms with van der Waals surface area (Å²) in [5, 5.41) is 0.684. The highest BCUT2D eigenvalue weighted by molar-refractivity contribution is 9.12. The summed E-state index contributed by atoms with van der Waals surface area (Å²) in [5.41, 5.74) is 0.404. The monoisotopic (exact) mass is 380 g/mol. The fraction of sp³-hybridized carbons (Fsp3) is 0.417. The fourth-order valence-corrected chi connectivity index (χ4v) is 2.95. The van der Waals surface area contributed by atoms with Crippen LogP contribution in [0.1, 0.15) is 17.3 Å². The number of benzene rings is 1. The average Bonchev–Trinajstić information content (AvgIpc) is 3.07. The van der Waals surface area contributed by atoms with Crippen LogP contribution in [0.15, 0.2) is 24.3 Å². The molecule has 1 aliphatic rings. The lowest BCUT2D eigenvalue weighted by molar-refractivity contribution is -0.122. The SMILES string of the molecule is C[C@]1(C(=O)[C@H](Br)[C@@H](Br)c2ccc(Cl)cc2)CO1. The molecular weight excluding hydrogens is 371 g/mol. The van der Waals surface area contributed by atoms with E-state index in [0.717, 1.165) is 5.56 Å². The smallest absolute Gasteiger partial charge is 0.181 e. The number of epoxide rings is 1. The third-order valence-electron chi connectivity index (χ3n) is 2.79. The molecule has 2 nitrogen and oxygen atoms in total. The van der Waals surface area contributed by atoms with Crippen molar-refractivity contribution < 1.29 is 9.53 Å². The zero-order valence-corrected chi connectivity index (χ0v) is 13.0. The number of hydrogen-bond donors (Lipinski definition) is 0. The second kappa shape index (κ2) is 5.00. The summed E-state index contributed by atoms with van der Waals surface area (Å²) >= 11 is 12.8. The number of alkyl halides is 2. The van der Waals surface area contributed by atoms with Gasteiger partial charge in [0.15, 0.2) is 5.78 Å². The van der Waals surface area contributed by atoms with E-state index in [0.29, 0.717) is 11.6 Å². The van der Waals surface area contributed by atoms with Crippen LogP contribution in [0.3, 0.4) is 0 Å². The molecule has 2 rings (SSSR count). The number of halogens is 3. The molecule has 1 aromatic carbocycles. The van der Waals surface area contributed by atoms with Crippen LogP contribution in [0.25, 0.3) is 0 Å². The Morgan fingerprint density at radius 1 is 1.41 bits per heavy atom. The lowest BCUT2D eigenvalue weighted by Gasteiger charge is -2.18. The molecule has 1 saturated heterocycles. The van der Waals surface area contributed by atoms with Crippen molar-refractivity contribution in [2.75, 3.05) is 6.61 Å². The molecule has 0 saturated carbocycles. The molecule has 1 heterocycles. The molecule has 92 valence electrons. The molecule has 0 bridgehead atoms. The quantitative estimate of drug-likeness (QED) is 0.584. The lowest BCUT2D eigenvalue weighted by atomic mass is 10.00. The van der Waals surface area contributed by atoms with E-state index in [-0.39, 0.29) is 15.4 Å². The number of Topliss-reactive ketones (excluding diaryl/α,β-unsaturated/α-hetero) is 1. The second-order valence-corrected chi connectivity index (χ2v) is 6.65. The Kier molecular flexibility index (Phi) is 3.98. The van der Waals surface area contributed by atoms with Gasteiger partial charge in [0.2, 0.25) is 0 Å². The molecule has 0 radical (unpaired) electrons. The standard InChI is InChI=1S/C12H11Br2ClO2/c1-12(6-17-12)11(16)10(14)9(13)7-2-4-8(15)5-3-7/h2-5,9-10H,6H2,1H3/t9-,10+,12+/m0/s1. The van der Waals surface area contributed by atoms with E-state index in [2.05, 4.69) is 31.9 Å². The van der Waals surface area contributed by atoms with Crippen LogP contribution in [0.2, 0.25) is 5.02 Å². The van der Waals surface area contributed by atoms with E-state index < -0.39 is 5.60 Å².